The quantitative estimate of drug-likeness (QED) is 0.213. The van der Waals surface area contributed by atoms with Crippen LogP contribution in [0.5, 0.6) is 0 Å². The molecule has 9 rings (SSSR count). The second-order valence-electron chi connectivity index (χ2n) is 11.5. The summed E-state index contributed by atoms with van der Waals surface area (Å²) in [6.45, 7) is 2.20. The second kappa shape index (κ2) is 9.65. The van der Waals surface area contributed by atoms with E-state index in [0.29, 0.717) is 0 Å². The predicted octanol–water partition coefficient (Wildman–Crippen LogP) is 10.2. The Bertz CT molecular complexity index is 2540. The lowest BCUT2D eigenvalue weighted by Gasteiger charge is -2.13. The first kappa shape index (κ1) is 24.8. The van der Waals surface area contributed by atoms with Crippen LogP contribution >= 0.6 is 0 Å². The Morgan fingerprint density at radius 1 is 0.614 bits per heavy atom. The van der Waals surface area contributed by atoms with Gasteiger partial charge in [-0.05, 0) is 60.0 Å². The fourth-order valence-electron chi connectivity index (χ4n) is 6.75. The molecule has 0 unspecified atom stereocenters. The number of nitrogens with zero attached hydrogens (tertiary/aromatic N) is 3. The molecule has 0 aliphatic carbocycles. The minimum Gasteiger partial charge on any atom is -0.456 e. The molecule has 3 aromatic heterocycles. The van der Waals surface area contributed by atoms with Gasteiger partial charge in [0.15, 0.2) is 5.82 Å². The average molecular weight is 566 g/mol. The predicted molar refractivity (Wildman–Crippen MR) is 181 cm³/mol. The third-order valence-electron chi connectivity index (χ3n) is 8.77. The Hall–Kier alpha value is -5.74. The van der Waals surface area contributed by atoms with Crippen molar-refractivity contribution < 1.29 is 4.42 Å². The van der Waals surface area contributed by atoms with Crippen molar-refractivity contribution in [1.29, 1.82) is 0 Å². The highest BCUT2D eigenvalue weighted by atomic mass is 16.3. The summed E-state index contributed by atoms with van der Waals surface area (Å²) in [4.78, 5) is 10.2. The topological polar surface area (TPSA) is 43.9 Å². The van der Waals surface area contributed by atoms with E-state index < -0.39 is 0 Å². The van der Waals surface area contributed by atoms with E-state index in [9.17, 15) is 0 Å². The smallest absolute Gasteiger partial charge is 0.162 e. The molecule has 0 N–H and O–H groups in total. The Morgan fingerprint density at radius 2 is 1.39 bits per heavy atom. The number of fused-ring (bicyclic) bond motifs is 7. The summed E-state index contributed by atoms with van der Waals surface area (Å²) >= 11 is 0. The van der Waals surface area contributed by atoms with E-state index in [-0.39, 0.29) is 0 Å². The highest BCUT2D eigenvalue weighted by molar-refractivity contribution is 6.12. The van der Waals surface area contributed by atoms with Crippen molar-refractivity contribution in [2.75, 3.05) is 0 Å². The van der Waals surface area contributed by atoms with Gasteiger partial charge in [0, 0.05) is 38.9 Å². The van der Waals surface area contributed by atoms with Gasteiger partial charge in [0.2, 0.25) is 0 Å². The molecule has 0 aliphatic rings. The van der Waals surface area contributed by atoms with Gasteiger partial charge in [-0.3, -0.25) is 4.57 Å². The number of rotatable bonds is 4. The Kier molecular flexibility index (Phi) is 5.44. The number of aryl methyl sites for hydroxylation is 1. The van der Waals surface area contributed by atoms with E-state index in [0.717, 1.165) is 67.5 Å². The molecule has 0 spiro atoms. The molecule has 0 saturated carbocycles. The number of para-hydroxylation sites is 3. The van der Waals surface area contributed by atoms with E-state index in [4.69, 9.17) is 14.4 Å². The van der Waals surface area contributed by atoms with Crippen molar-refractivity contribution in [3.05, 3.63) is 150 Å². The lowest BCUT2D eigenvalue weighted by Crippen LogP contribution is -2.02. The molecule has 0 fully saturated rings. The molecule has 208 valence electrons. The molecule has 3 heterocycles. The summed E-state index contributed by atoms with van der Waals surface area (Å²) in [7, 11) is 0. The monoisotopic (exact) mass is 565 g/mol. The molecule has 0 aliphatic heterocycles. The van der Waals surface area contributed by atoms with Crippen molar-refractivity contribution in [3.8, 4) is 17.2 Å². The molecule has 0 bridgehead atoms. The maximum Gasteiger partial charge on any atom is 0.162 e. The van der Waals surface area contributed by atoms with Crippen molar-refractivity contribution in [2.24, 2.45) is 0 Å². The van der Waals surface area contributed by atoms with Crippen LogP contribution in [0.25, 0.3) is 71.9 Å². The largest absolute Gasteiger partial charge is 0.456 e. The Morgan fingerprint density at radius 3 is 2.30 bits per heavy atom. The van der Waals surface area contributed by atoms with E-state index in [1.165, 1.54) is 27.5 Å². The molecule has 44 heavy (non-hydrogen) atoms. The third kappa shape index (κ3) is 3.78. The van der Waals surface area contributed by atoms with Gasteiger partial charge in [0.1, 0.15) is 17.0 Å². The fraction of sp³-hybridized carbons (Fsp3) is 0.0500. The van der Waals surface area contributed by atoms with E-state index >= 15 is 0 Å². The molecule has 4 heteroatoms. The minimum absolute atomic E-state index is 0.720. The van der Waals surface area contributed by atoms with E-state index in [2.05, 4.69) is 109 Å². The van der Waals surface area contributed by atoms with Gasteiger partial charge >= 0.3 is 0 Å². The molecule has 9 aromatic rings. The molecule has 4 nitrogen and oxygen atoms in total. The van der Waals surface area contributed by atoms with Crippen molar-refractivity contribution in [2.45, 2.75) is 13.3 Å². The van der Waals surface area contributed by atoms with Crippen LogP contribution in [0.2, 0.25) is 0 Å². The summed E-state index contributed by atoms with van der Waals surface area (Å²) in [6, 6.07) is 46.7. The van der Waals surface area contributed by atoms with Gasteiger partial charge in [-0.2, -0.15) is 0 Å². The van der Waals surface area contributed by atoms with Crippen LogP contribution in [-0.4, -0.2) is 14.5 Å². The second-order valence-corrected chi connectivity index (χ2v) is 11.5. The minimum atomic E-state index is 0.720. The van der Waals surface area contributed by atoms with Crippen LogP contribution in [0.4, 0.5) is 0 Å². The summed E-state index contributed by atoms with van der Waals surface area (Å²) < 4.78 is 8.68. The van der Waals surface area contributed by atoms with Gasteiger partial charge < -0.3 is 4.42 Å². The average Bonchev–Trinajstić information content (AvgIpc) is 3.62. The van der Waals surface area contributed by atoms with Gasteiger partial charge in [0.25, 0.3) is 0 Å². The van der Waals surface area contributed by atoms with Crippen LogP contribution < -0.4 is 0 Å². The zero-order valence-electron chi connectivity index (χ0n) is 24.2. The normalized spacial score (nSPS) is 11.8. The van der Waals surface area contributed by atoms with Crippen LogP contribution in [0.15, 0.2) is 138 Å². The van der Waals surface area contributed by atoms with Gasteiger partial charge in [0.05, 0.1) is 16.6 Å². The van der Waals surface area contributed by atoms with Crippen LogP contribution in [0.1, 0.15) is 16.7 Å². The maximum absolute atomic E-state index is 6.36. The summed E-state index contributed by atoms with van der Waals surface area (Å²) in [5.74, 6) is 1.61. The maximum atomic E-state index is 6.36. The van der Waals surface area contributed by atoms with Crippen LogP contribution in [-0.2, 0) is 6.42 Å². The Labute approximate surface area is 253 Å². The number of furan rings is 1. The molecular formula is C40H27N3O. The number of benzene rings is 6. The Balaban J connectivity index is 1.27. The zero-order chi connectivity index (χ0) is 29.2. The molecular weight excluding hydrogens is 538 g/mol. The third-order valence-corrected chi connectivity index (χ3v) is 8.77. The van der Waals surface area contributed by atoms with E-state index in [1.807, 2.05) is 36.4 Å². The molecule has 0 atom stereocenters. The summed E-state index contributed by atoms with van der Waals surface area (Å²) in [6.07, 6.45) is 0.778. The molecule has 0 radical (unpaired) electrons. The van der Waals surface area contributed by atoms with Gasteiger partial charge in [-0.25, -0.2) is 9.97 Å². The first-order chi connectivity index (χ1) is 21.7. The summed E-state index contributed by atoms with van der Waals surface area (Å²) in [5.41, 5.74) is 9.75. The van der Waals surface area contributed by atoms with Crippen molar-refractivity contribution in [3.63, 3.8) is 0 Å². The lowest BCUT2D eigenvalue weighted by atomic mass is 9.99. The first-order valence-corrected chi connectivity index (χ1v) is 15.0. The molecule has 0 amide bonds. The molecule has 6 aromatic carbocycles. The van der Waals surface area contributed by atoms with Crippen LogP contribution in [0.3, 0.4) is 0 Å². The molecule has 0 saturated heterocycles. The highest BCUT2D eigenvalue weighted by Gasteiger charge is 2.19. The van der Waals surface area contributed by atoms with Crippen molar-refractivity contribution in [1.82, 2.24) is 14.5 Å². The summed E-state index contributed by atoms with van der Waals surface area (Å²) in [5, 5.41) is 5.81. The lowest BCUT2D eigenvalue weighted by molar-refractivity contribution is 0.664. The highest BCUT2D eigenvalue weighted by Crippen LogP contribution is 2.38. The first-order valence-electron chi connectivity index (χ1n) is 15.0. The van der Waals surface area contributed by atoms with Crippen LogP contribution in [0, 0.1) is 6.92 Å². The zero-order valence-corrected chi connectivity index (χ0v) is 24.2. The van der Waals surface area contributed by atoms with Crippen molar-refractivity contribution >= 4 is 54.6 Å². The number of hydrogen-bond donors (Lipinski definition) is 0. The van der Waals surface area contributed by atoms with Gasteiger partial charge in [-0.1, -0.05) is 97.1 Å². The van der Waals surface area contributed by atoms with Gasteiger partial charge in [-0.15, -0.1) is 0 Å². The number of aromatic nitrogens is 3. The van der Waals surface area contributed by atoms with E-state index in [1.54, 1.807) is 0 Å². The number of hydrogen-bond acceptors (Lipinski definition) is 3. The fourth-order valence-corrected chi connectivity index (χ4v) is 6.75. The SMILES string of the molecule is Cc1cccc2c1c1cc(Cc3cccc4c3oc3ccccc34)ccc1n2-c1nc(-c2ccccc2)nc2ccccc12. The standard InChI is InChI=1S/C40H27N3O/c1-25-11-9-19-35-37(25)32-24-26(23-28-14-10-17-30-29-15-6-8-20-36(29)44-38(28)30)21-22-34(32)43(35)40-31-16-5-7-18-33(31)41-39(42-40)27-12-3-2-4-13-27/h2-22,24H,23H2,1H3.